The van der Waals surface area contributed by atoms with E-state index >= 15 is 0 Å². The van der Waals surface area contributed by atoms with Gasteiger partial charge in [0.1, 0.15) is 0 Å². The molecule has 0 bridgehead atoms. The summed E-state index contributed by atoms with van der Waals surface area (Å²) in [5.74, 6) is -0.791. The van der Waals surface area contributed by atoms with Gasteiger partial charge in [-0.3, -0.25) is 4.79 Å². The molecule has 1 fully saturated rings. The van der Waals surface area contributed by atoms with Crippen molar-refractivity contribution < 1.29 is 19.8 Å². The first-order chi connectivity index (χ1) is 8.40. The number of likely N-dealkylation sites (tertiary alicyclic amines) is 1. The van der Waals surface area contributed by atoms with Crippen molar-refractivity contribution in [1.29, 1.82) is 0 Å². The molecule has 3 atom stereocenters. The molecule has 6 nitrogen and oxygen atoms in total. The van der Waals surface area contributed by atoms with Gasteiger partial charge in [0, 0.05) is 32.0 Å². The maximum Gasteiger partial charge on any atom is 0.317 e. The van der Waals surface area contributed by atoms with Crippen molar-refractivity contribution in [1.82, 2.24) is 10.2 Å². The first-order valence-corrected chi connectivity index (χ1v) is 6.32. The number of carboxylic acids is 1. The van der Waals surface area contributed by atoms with Crippen molar-refractivity contribution in [2.75, 3.05) is 19.6 Å². The molecule has 2 amide bonds. The zero-order valence-corrected chi connectivity index (χ0v) is 10.9. The lowest BCUT2D eigenvalue weighted by Gasteiger charge is -2.19. The molecule has 104 valence electrons. The Morgan fingerprint density at radius 3 is 2.61 bits per heavy atom. The number of hydrogen-bond acceptors (Lipinski definition) is 3. The second-order valence-corrected chi connectivity index (χ2v) is 5.12. The highest BCUT2D eigenvalue weighted by Gasteiger charge is 2.28. The number of hydrogen-bond donors (Lipinski definition) is 3. The van der Waals surface area contributed by atoms with Gasteiger partial charge in [0.25, 0.3) is 0 Å². The quantitative estimate of drug-likeness (QED) is 0.670. The molecule has 3 N–H and O–H groups in total. The van der Waals surface area contributed by atoms with E-state index in [1.54, 1.807) is 18.7 Å². The number of carboxylic acid groups (broad SMARTS) is 1. The average molecular weight is 258 g/mol. The fourth-order valence-electron chi connectivity index (χ4n) is 2.11. The van der Waals surface area contributed by atoms with Gasteiger partial charge in [-0.25, -0.2) is 4.79 Å². The van der Waals surface area contributed by atoms with Crippen molar-refractivity contribution in [3.8, 4) is 0 Å². The van der Waals surface area contributed by atoms with Crippen molar-refractivity contribution in [3.05, 3.63) is 0 Å². The Balaban J connectivity index is 2.27. The van der Waals surface area contributed by atoms with E-state index in [0.29, 0.717) is 19.6 Å². The van der Waals surface area contributed by atoms with Crippen molar-refractivity contribution >= 4 is 12.0 Å². The standard InChI is InChI=1S/C12H22N2O4/c1-8(5-11(16)17)6-13-12(18)14-4-3-10(7-14)9(2)15/h8-10,15H,3-7H2,1-2H3,(H,13,18)(H,16,17). The van der Waals surface area contributed by atoms with Crippen LogP contribution in [0, 0.1) is 11.8 Å². The molecule has 0 aliphatic carbocycles. The van der Waals surface area contributed by atoms with Crippen LogP contribution in [0.4, 0.5) is 4.79 Å². The monoisotopic (exact) mass is 258 g/mol. The van der Waals surface area contributed by atoms with Crippen molar-refractivity contribution in [2.45, 2.75) is 32.8 Å². The Morgan fingerprint density at radius 1 is 1.44 bits per heavy atom. The summed E-state index contributed by atoms with van der Waals surface area (Å²) in [7, 11) is 0. The van der Waals surface area contributed by atoms with E-state index in [4.69, 9.17) is 5.11 Å². The van der Waals surface area contributed by atoms with Crippen LogP contribution in [0.3, 0.4) is 0 Å². The second-order valence-electron chi connectivity index (χ2n) is 5.12. The molecule has 0 aromatic heterocycles. The third-order valence-corrected chi connectivity index (χ3v) is 3.32. The fourth-order valence-corrected chi connectivity index (χ4v) is 2.11. The number of nitrogens with one attached hydrogen (secondary N) is 1. The number of nitrogens with zero attached hydrogens (tertiary/aromatic N) is 1. The lowest BCUT2D eigenvalue weighted by atomic mass is 10.0. The molecule has 1 heterocycles. The third kappa shape index (κ3) is 4.52. The smallest absolute Gasteiger partial charge is 0.317 e. The Kier molecular flexibility index (Phi) is 5.40. The summed E-state index contributed by atoms with van der Waals surface area (Å²) >= 11 is 0. The number of aliphatic carboxylic acids is 1. The number of carbonyl (C=O) groups excluding carboxylic acids is 1. The Hall–Kier alpha value is -1.30. The zero-order chi connectivity index (χ0) is 13.7. The van der Waals surface area contributed by atoms with Crippen molar-refractivity contribution in [3.63, 3.8) is 0 Å². The number of aliphatic hydroxyl groups is 1. The van der Waals surface area contributed by atoms with Crippen LogP contribution in [-0.4, -0.2) is 52.9 Å². The van der Waals surface area contributed by atoms with E-state index in [2.05, 4.69) is 5.32 Å². The van der Waals surface area contributed by atoms with E-state index in [0.717, 1.165) is 6.42 Å². The van der Waals surface area contributed by atoms with Crippen LogP contribution in [0.5, 0.6) is 0 Å². The summed E-state index contributed by atoms with van der Waals surface area (Å²) in [5.41, 5.74) is 0. The summed E-state index contributed by atoms with van der Waals surface area (Å²) in [4.78, 5) is 23.9. The van der Waals surface area contributed by atoms with Crippen LogP contribution in [0.1, 0.15) is 26.7 Å². The summed E-state index contributed by atoms with van der Waals surface area (Å²) in [6.45, 7) is 5.10. The minimum atomic E-state index is -0.855. The molecular formula is C12H22N2O4. The zero-order valence-electron chi connectivity index (χ0n) is 10.9. The molecule has 0 aromatic carbocycles. The molecule has 1 aliphatic rings. The highest BCUT2D eigenvalue weighted by Crippen LogP contribution is 2.19. The Morgan fingerprint density at radius 2 is 2.11 bits per heavy atom. The lowest BCUT2D eigenvalue weighted by Crippen LogP contribution is -2.41. The van der Waals surface area contributed by atoms with E-state index in [1.807, 2.05) is 0 Å². The number of urea groups is 1. The molecule has 0 aromatic rings. The number of carbonyl (C=O) groups is 2. The van der Waals surface area contributed by atoms with Crippen LogP contribution >= 0.6 is 0 Å². The summed E-state index contributed by atoms with van der Waals surface area (Å²) in [6, 6.07) is -0.171. The third-order valence-electron chi connectivity index (χ3n) is 3.32. The normalized spacial score (nSPS) is 22.6. The molecule has 3 unspecified atom stereocenters. The van der Waals surface area contributed by atoms with Crippen LogP contribution in [0.2, 0.25) is 0 Å². The van der Waals surface area contributed by atoms with E-state index in [9.17, 15) is 14.7 Å². The first-order valence-electron chi connectivity index (χ1n) is 6.32. The SMILES string of the molecule is CC(CNC(=O)N1CCC(C(C)O)C1)CC(=O)O. The maximum atomic E-state index is 11.8. The molecule has 1 rings (SSSR count). The Labute approximate surface area is 107 Å². The molecule has 0 radical (unpaired) electrons. The molecular weight excluding hydrogens is 236 g/mol. The molecule has 1 aliphatic heterocycles. The van der Waals surface area contributed by atoms with Gasteiger partial charge in [0.15, 0.2) is 0 Å². The molecule has 6 heteroatoms. The largest absolute Gasteiger partial charge is 0.481 e. The minimum Gasteiger partial charge on any atom is -0.481 e. The van der Waals surface area contributed by atoms with Crippen molar-refractivity contribution in [2.24, 2.45) is 11.8 Å². The Bertz CT molecular complexity index is 306. The van der Waals surface area contributed by atoms with Gasteiger partial charge in [-0.1, -0.05) is 6.92 Å². The highest BCUT2D eigenvalue weighted by molar-refractivity contribution is 5.74. The van der Waals surface area contributed by atoms with Crippen LogP contribution in [0.25, 0.3) is 0 Å². The highest BCUT2D eigenvalue weighted by atomic mass is 16.4. The number of amides is 2. The van der Waals surface area contributed by atoms with E-state index in [-0.39, 0.29) is 24.3 Å². The molecule has 18 heavy (non-hydrogen) atoms. The maximum absolute atomic E-state index is 11.8. The van der Waals surface area contributed by atoms with E-state index < -0.39 is 12.1 Å². The molecule has 1 saturated heterocycles. The predicted octanol–water partition coefficient (Wildman–Crippen LogP) is 0.509. The molecule has 0 spiro atoms. The topological polar surface area (TPSA) is 89.9 Å². The van der Waals surface area contributed by atoms with Crippen LogP contribution < -0.4 is 5.32 Å². The van der Waals surface area contributed by atoms with E-state index in [1.165, 1.54) is 0 Å². The predicted molar refractivity (Wildman–Crippen MR) is 66.2 cm³/mol. The van der Waals surface area contributed by atoms with Gasteiger partial charge < -0.3 is 20.4 Å². The van der Waals surface area contributed by atoms with Gasteiger partial charge in [0.05, 0.1) is 6.10 Å². The van der Waals surface area contributed by atoms with Gasteiger partial charge in [0.2, 0.25) is 0 Å². The molecule has 0 saturated carbocycles. The van der Waals surface area contributed by atoms with Gasteiger partial charge in [-0.05, 0) is 19.3 Å². The second kappa shape index (κ2) is 6.58. The fraction of sp³-hybridized carbons (Fsp3) is 0.833. The van der Waals surface area contributed by atoms with Gasteiger partial charge in [-0.2, -0.15) is 0 Å². The minimum absolute atomic E-state index is 0.0522. The van der Waals surface area contributed by atoms with Crippen LogP contribution in [0.15, 0.2) is 0 Å². The van der Waals surface area contributed by atoms with Crippen LogP contribution in [-0.2, 0) is 4.79 Å². The summed E-state index contributed by atoms with van der Waals surface area (Å²) < 4.78 is 0. The summed E-state index contributed by atoms with van der Waals surface area (Å²) in [6.07, 6.45) is 0.473. The number of aliphatic hydroxyl groups excluding tert-OH is 1. The van der Waals surface area contributed by atoms with Gasteiger partial charge in [-0.15, -0.1) is 0 Å². The lowest BCUT2D eigenvalue weighted by molar-refractivity contribution is -0.137. The summed E-state index contributed by atoms with van der Waals surface area (Å²) in [5, 5.41) is 20.8. The van der Waals surface area contributed by atoms with Gasteiger partial charge >= 0.3 is 12.0 Å². The average Bonchev–Trinajstić information content (AvgIpc) is 2.74. The number of rotatable bonds is 5. The first kappa shape index (κ1) is 14.8.